The van der Waals surface area contributed by atoms with E-state index in [-0.39, 0.29) is 17.4 Å². The summed E-state index contributed by atoms with van der Waals surface area (Å²) in [6, 6.07) is 0. The maximum absolute atomic E-state index is 13.3. The maximum atomic E-state index is 13.3. The molecule has 0 atom stereocenters. The van der Waals surface area contributed by atoms with Crippen molar-refractivity contribution in [2.24, 2.45) is 5.41 Å². The first kappa shape index (κ1) is 35.7. The Bertz CT molecular complexity index is 600. The van der Waals surface area contributed by atoms with Gasteiger partial charge in [0.2, 0.25) is 0 Å². The number of esters is 2. The summed E-state index contributed by atoms with van der Waals surface area (Å²) in [5, 5.41) is 0. The van der Waals surface area contributed by atoms with Gasteiger partial charge in [-0.25, -0.2) is 9.59 Å². The third kappa shape index (κ3) is 21.3. The molecular weight excluding hydrogens is 460 g/mol. The molecule has 0 saturated heterocycles. The number of ether oxygens (including phenoxy) is 2. The first-order valence-electron chi connectivity index (χ1n) is 15.8. The monoisotopic (exact) mass is 522 g/mol. The number of hydrogen-bond donors (Lipinski definition) is 0. The second-order valence-corrected chi connectivity index (χ2v) is 12.0. The highest BCUT2D eigenvalue weighted by molar-refractivity contribution is 6.00. The van der Waals surface area contributed by atoms with Crippen molar-refractivity contribution in [2.75, 3.05) is 13.2 Å². The quantitative estimate of drug-likeness (QED) is 0.0718. The Kier molecular flexibility index (Phi) is 22.9. The predicted molar refractivity (Wildman–Crippen MR) is 158 cm³/mol. The number of carbonyl (C=O) groups is 2. The first-order chi connectivity index (χ1) is 17.8. The van der Waals surface area contributed by atoms with E-state index in [0.717, 1.165) is 38.5 Å². The van der Waals surface area contributed by atoms with Gasteiger partial charge in [-0.3, -0.25) is 0 Å². The molecule has 0 aromatic rings. The van der Waals surface area contributed by atoms with Gasteiger partial charge in [0.15, 0.2) is 0 Å². The summed E-state index contributed by atoms with van der Waals surface area (Å²) in [5.41, 5.74) is 0.977. The molecule has 0 aromatic carbocycles. The molecule has 218 valence electrons. The van der Waals surface area contributed by atoms with E-state index in [1.165, 1.54) is 77.0 Å². The van der Waals surface area contributed by atoms with Gasteiger partial charge in [0.25, 0.3) is 0 Å². The number of carbonyl (C=O) groups excluding carboxylic acids is 2. The number of unbranched alkanes of at least 4 members (excludes halogenated alkanes) is 15. The van der Waals surface area contributed by atoms with Crippen molar-refractivity contribution in [3.63, 3.8) is 0 Å². The second kappa shape index (κ2) is 23.8. The van der Waals surface area contributed by atoms with Gasteiger partial charge in [0.05, 0.1) is 13.2 Å². The number of hydrogen-bond acceptors (Lipinski definition) is 4. The minimum Gasteiger partial charge on any atom is -0.462 e. The largest absolute Gasteiger partial charge is 0.462 e. The Morgan fingerprint density at radius 3 is 1.24 bits per heavy atom. The van der Waals surface area contributed by atoms with Gasteiger partial charge in [-0.15, -0.1) is 0 Å². The molecule has 0 bridgehead atoms. The standard InChI is InChI=1S/C33H62O4/c1-7-10-13-16-19-22-25-29(31(34)36-26-23-20-17-14-11-8-2)30(28-33(4,5)6)32(35)37-27-24-21-18-15-12-9-3/h7-28H2,1-6H3/b30-29-. The summed E-state index contributed by atoms with van der Waals surface area (Å²) >= 11 is 0. The lowest BCUT2D eigenvalue weighted by Gasteiger charge is -2.22. The van der Waals surface area contributed by atoms with E-state index in [1.807, 2.05) is 0 Å². The van der Waals surface area contributed by atoms with Crippen LogP contribution in [0.1, 0.15) is 170 Å². The van der Waals surface area contributed by atoms with Gasteiger partial charge in [0, 0.05) is 11.1 Å². The Balaban J connectivity index is 5.27. The van der Waals surface area contributed by atoms with Gasteiger partial charge < -0.3 is 9.47 Å². The average molecular weight is 523 g/mol. The molecule has 0 aromatic heterocycles. The predicted octanol–water partition coefficient (Wildman–Crippen LogP) is 10.3. The maximum Gasteiger partial charge on any atom is 0.334 e. The second-order valence-electron chi connectivity index (χ2n) is 12.0. The Morgan fingerprint density at radius 1 is 0.486 bits per heavy atom. The van der Waals surface area contributed by atoms with E-state index >= 15 is 0 Å². The molecule has 0 N–H and O–H groups in total. The zero-order chi connectivity index (χ0) is 27.8. The molecule has 0 radical (unpaired) electrons. The molecule has 0 aliphatic carbocycles. The van der Waals surface area contributed by atoms with Crippen LogP contribution in [0.25, 0.3) is 0 Å². The Labute approximate surface area is 230 Å². The van der Waals surface area contributed by atoms with Gasteiger partial charge in [0.1, 0.15) is 0 Å². The zero-order valence-electron chi connectivity index (χ0n) is 25.7. The smallest absolute Gasteiger partial charge is 0.334 e. The van der Waals surface area contributed by atoms with Crippen molar-refractivity contribution < 1.29 is 19.1 Å². The van der Waals surface area contributed by atoms with Gasteiger partial charge >= 0.3 is 11.9 Å². The molecular formula is C33H62O4. The van der Waals surface area contributed by atoms with Crippen LogP contribution in [0, 0.1) is 5.41 Å². The third-order valence-corrected chi connectivity index (χ3v) is 6.81. The fourth-order valence-corrected chi connectivity index (χ4v) is 4.56. The van der Waals surface area contributed by atoms with Gasteiger partial charge in [-0.05, 0) is 37.5 Å². The lowest BCUT2D eigenvalue weighted by Crippen LogP contribution is -2.21. The molecule has 0 spiro atoms. The summed E-state index contributed by atoms with van der Waals surface area (Å²) in [5.74, 6) is -0.626. The van der Waals surface area contributed by atoms with Gasteiger partial charge in [-0.1, -0.05) is 138 Å². The number of rotatable bonds is 24. The fourth-order valence-electron chi connectivity index (χ4n) is 4.56. The SMILES string of the molecule is CCCCCCCCOC(=O)/C(CCCCCCCC)=C(/CC(C)(C)C)C(=O)OCCCCCCCC. The van der Waals surface area contributed by atoms with Crippen molar-refractivity contribution in [3.8, 4) is 0 Å². The van der Waals surface area contributed by atoms with Crippen LogP contribution in [0.4, 0.5) is 0 Å². The van der Waals surface area contributed by atoms with Gasteiger partial charge in [-0.2, -0.15) is 0 Å². The summed E-state index contributed by atoms with van der Waals surface area (Å²) in [6.07, 6.45) is 21.8. The normalized spacial score (nSPS) is 12.4. The highest BCUT2D eigenvalue weighted by Gasteiger charge is 2.27. The molecule has 0 aliphatic heterocycles. The molecule has 0 amide bonds. The van der Waals surface area contributed by atoms with Crippen molar-refractivity contribution >= 4 is 11.9 Å². The topological polar surface area (TPSA) is 52.6 Å². The summed E-state index contributed by atoms with van der Waals surface area (Å²) < 4.78 is 11.5. The third-order valence-electron chi connectivity index (χ3n) is 6.81. The van der Waals surface area contributed by atoms with Crippen LogP contribution in [0.15, 0.2) is 11.1 Å². The minimum atomic E-state index is -0.319. The molecule has 0 saturated carbocycles. The van der Waals surface area contributed by atoms with Crippen molar-refractivity contribution in [1.82, 2.24) is 0 Å². The van der Waals surface area contributed by atoms with Crippen LogP contribution >= 0.6 is 0 Å². The molecule has 0 rings (SSSR count). The van der Waals surface area contributed by atoms with E-state index in [1.54, 1.807) is 0 Å². The average Bonchev–Trinajstić information content (AvgIpc) is 2.85. The zero-order valence-corrected chi connectivity index (χ0v) is 25.7. The highest BCUT2D eigenvalue weighted by atomic mass is 16.5. The Morgan fingerprint density at radius 2 is 0.838 bits per heavy atom. The lowest BCUT2D eigenvalue weighted by molar-refractivity contribution is -0.143. The van der Waals surface area contributed by atoms with Crippen LogP contribution in [-0.4, -0.2) is 25.2 Å². The van der Waals surface area contributed by atoms with Crippen molar-refractivity contribution in [2.45, 2.75) is 170 Å². The summed E-state index contributed by atoms with van der Waals surface area (Å²) in [6.45, 7) is 13.8. The summed E-state index contributed by atoms with van der Waals surface area (Å²) in [7, 11) is 0. The molecule has 0 unspecified atom stereocenters. The van der Waals surface area contributed by atoms with E-state index in [4.69, 9.17) is 9.47 Å². The van der Waals surface area contributed by atoms with Crippen LogP contribution in [0.5, 0.6) is 0 Å². The fraction of sp³-hybridized carbons (Fsp3) is 0.879. The van der Waals surface area contributed by atoms with E-state index < -0.39 is 0 Å². The van der Waals surface area contributed by atoms with Crippen LogP contribution < -0.4 is 0 Å². The molecule has 4 nitrogen and oxygen atoms in total. The molecule has 0 aliphatic rings. The Hall–Kier alpha value is -1.32. The minimum absolute atomic E-state index is 0.125. The molecule has 4 heteroatoms. The molecule has 37 heavy (non-hydrogen) atoms. The summed E-state index contributed by atoms with van der Waals surface area (Å²) in [4.78, 5) is 26.5. The highest BCUT2D eigenvalue weighted by Crippen LogP contribution is 2.30. The van der Waals surface area contributed by atoms with E-state index in [2.05, 4.69) is 41.5 Å². The lowest BCUT2D eigenvalue weighted by atomic mass is 9.85. The van der Waals surface area contributed by atoms with E-state index in [9.17, 15) is 9.59 Å². The van der Waals surface area contributed by atoms with Crippen molar-refractivity contribution in [1.29, 1.82) is 0 Å². The van der Waals surface area contributed by atoms with E-state index in [0.29, 0.717) is 37.2 Å². The molecule has 0 fully saturated rings. The van der Waals surface area contributed by atoms with Crippen LogP contribution in [0.2, 0.25) is 0 Å². The first-order valence-corrected chi connectivity index (χ1v) is 15.8. The molecule has 0 heterocycles. The van der Waals surface area contributed by atoms with Crippen LogP contribution in [0.3, 0.4) is 0 Å². The van der Waals surface area contributed by atoms with Crippen LogP contribution in [-0.2, 0) is 19.1 Å². The van der Waals surface area contributed by atoms with Crippen molar-refractivity contribution in [3.05, 3.63) is 11.1 Å².